The van der Waals surface area contributed by atoms with E-state index in [2.05, 4.69) is 76.7 Å². The van der Waals surface area contributed by atoms with Crippen LogP contribution in [0, 0.1) is 9.49 Å². The fourth-order valence-electron chi connectivity index (χ4n) is 3.13. The topological polar surface area (TPSA) is 70.2 Å². The first-order valence-corrected chi connectivity index (χ1v) is 12.0. The number of hydrogen-bond acceptors (Lipinski definition) is 3. The first kappa shape index (κ1) is 25.9. The van der Waals surface area contributed by atoms with Crippen molar-refractivity contribution in [2.75, 3.05) is 20.1 Å². The molecule has 1 rings (SSSR count). The van der Waals surface area contributed by atoms with Gasteiger partial charge in [0.05, 0.1) is 0 Å². The molecular weight excluding hydrogens is 477 g/mol. The highest BCUT2D eigenvalue weighted by Crippen LogP contribution is 2.10. The van der Waals surface area contributed by atoms with Gasteiger partial charge in [-0.2, -0.15) is 0 Å². The van der Waals surface area contributed by atoms with Crippen molar-refractivity contribution in [3.05, 3.63) is 33.4 Å². The molecule has 0 unspecified atom stereocenters. The van der Waals surface area contributed by atoms with E-state index in [1.807, 2.05) is 7.05 Å². The maximum atomic E-state index is 12.6. The Bertz CT molecular complexity index is 590. The van der Waals surface area contributed by atoms with Gasteiger partial charge in [0.2, 0.25) is 11.8 Å². The standard InChI is InChI=1S/C23H38IN3O2/c1-18(2)8-4-5-17-26-23(29)21(10-7-16-25-3)27-22(28)11-6-9-19-12-14-20(24)15-13-19/h12-15,18,21,25H,4-11,16-17H2,1-3H3,(H,26,29)(H,27,28)/t21-/m1/s1. The van der Waals surface area contributed by atoms with E-state index in [1.54, 1.807) is 0 Å². The van der Waals surface area contributed by atoms with Crippen LogP contribution in [0.15, 0.2) is 24.3 Å². The van der Waals surface area contributed by atoms with Gasteiger partial charge in [0, 0.05) is 16.5 Å². The predicted octanol–water partition coefficient (Wildman–Crippen LogP) is 4.04. The Morgan fingerprint density at radius 2 is 1.69 bits per heavy atom. The summed E-state index contributed by atoms with van der Waals surface area (Å²) in [5, 5.41) is 9.05. The average Bonchev–Trinajstić information content (AvgIpc) is 2.68. The number of carbonyl (C=O) groups excluding carboxylic acids is 2. The lowest BCUT2D eigenvalue weighted by molar-refractivity contribution is -0.129. The van der Waals surface area contributed by atoms with E-state index >= 15 is 0 Å². The number of amides is 2. The minimum absolute atomic E-state index is 0.0417. The van der Waals surface area contributed by atoms with E-state index < -0.39 is 6.04 Å². The van der Waals surface area contributed by atoms with Gasteiger partial charge in [0.1, 0.15) is 6.04 Å². The second kappa shape index (κ2) is 15.7. The summed E-state index contributed by atoms with van der Waals surface area (Å²) < 4.78 is 1.21. The minimum Gasteiger partial charge on any atom is -0.354 e. The summed E-state index contributed by atoms with van der Waals surface area (Å²) in [6.45, 7) is 5.94. The van der Waals surface area contributed by atoms with E-state index in [4.69, 9.17) is 0 Å². The normalized spacial score (nSPS) is 12.0. The third-order valence-electron chi connectivity index (χ3n) is 4.86. The Hall–Kier alpha value is -1.15. The average molecular weight is 515 g/mol. The fourth-order valence-corrected chi connectivity index (χ4v) is 3.49. The Kier molecular flexibility index (Phi) is 14.0. The Labute approximate surface area is 190 Å². The molecule has 5 nitrogen and oxygen atoms in total. The van der Waals surface area contributed by atoms with Crippen LogP contribution in [0.5, 0.6) is 0 Å². The number of aryl methyl sites for hydroxylation is 1. The molecule has 1 aromatic carbocycles. The van der Waals surface area contributed by atoms with Crippen LogP contribution in [0.2, 0.25) is 0 Å². The number of carbonyl (C=O) groups is 2. The molecule has 0 saturated carbocycles. The van der Waals surface area contributed by atoms with Gasteiger partial charge in [0.15, 0.2) is 0 Å². The summed E-state index contributed by atoms with van der Waals surface area (Å²) >= 11 is 2.29. The molecule has 3 N–H and O–H groups in total. The van der Waals surface area contributed by atoms with Gasteiger partial charge in [-0.1, -0.05) is 38.8 Å². The van der Waals surface area contributed by atoms with E-state index in [1.165, 1.54) is 15.6 Å². The maximum Gasteiger partial charge on any atom is 0.242 e. The molecule has 0 bridgehead atoms. The van der Waals surface area contributed by atoms with Crippen LogP contribution in [-0.2, 0) is 16.0 Å². The zero-order chi connectivity index (χ0) is 21.5. The number of nitrogens with one attached hydrogen (secondary N) is 3. The highest BCUT2D eigenvalue weighted by Gasteiger charge is 2.19. The first-order valence-electron chi connectivity index (χ1n) is 10.9. The third-order valence-corrected chi connectivity index (χ3v) is 5.58. The summed E-state index contributed by atoms with van der Waals surface area (Å²) in [4.78, 5) is 24.9. The number of hydrogen-bond donors (Lipinski definition) is 3. The predicted molar refractivity (Wildman–Crippen MR) is 129 cm³/mol. The van der Waals surface area contributed by atoms with Crippen molar-refractivity contribution in [3.63, 3.8) is 0 Å². The second-order valence-corrected chi connectivity index (χ2v) is 9.27. The van der Waals surface area contributed by atoms with E-state index in [-0.39, 0.29) is 11.8 Å². The molecule has 0 radical (unpaired) electrons. The molecule has 6 heteroatoms. The monoisotopic (exact) mass is 515 g/mol. The summed E-state index contributed by atoms with van der Waals surface area (Å²) in [5.74, 6) is 0.593. The maximum absolute atomic E-state index is 12.6. The molecule has 0 heterocycles. The molecule has 0 saturated heterocycles. The van der Waals surface area contributed by atoms with E-state index in [0.717, 1.165) is 38.6 Å². The quantitative estimate of drug-likeness (QED) is 0.244. The van der Waals surface area contributed by atoms with E-state index in [0.29, 0.717) is 25.3 Å². The lowest BCUT2D eigenvalue weighted by atomic mass is 10.1. The molecule has 0 aromatic heterocycles. The van der Waals surface area contributed by atoms with Crippen molar-refractivity contribution in [1.82, 2.24) is 16.0 Å². The smallest absolute Gasteiger partial charge is 0.242 e. The molecule has 0 aliphatic carbocycles. The van der Waals surface area contributed by atoms with Gasteiger partial charge in [-0.05, 0) is 91.9 Å². The molecule has 164 valence electrons. The molecule has 0 fully saturated rings. The summed E-state index contributed by atoms with van der Waals surface area (Å²) in [6.07, 6.45) is 6.88. The van der Waals surface area contributed by atoms with Crippen molar-refractivity contribution >= 4 is 34.4 Å². The highest BCUT2D eigenvalue weighted by molar-refractivity contribution is 14.1. The zero-order valence-corrected chi connectivity index (χ0v) is 20.4. The van der Waals surface area contributed by atoms with Gasteiger partial charge in [0.25, 0.3) is 0 Å². The van der Waals surface area contributed by atoms with Gasteiger partial charge in [-0.15, -0.1) is 0 Å². The van der Waals surface area contributed by atoms with Crippen LogP contribution < -0.4 is 16.0 Å². The molecule has 0 spiro atoms. The lowest BCUT2D eigenvalue weighted by Crippen LogP contribution is -2.47. The summed E-state index contributed by atoms with van der Waals surface area (Å²) in [5.41, 5.74) is 1.24. The number of benzene rings is 1. The van der Waals surface area contributed by atoms with Crippen LogP contribution in [0.4, 0.5) is 0 Å². The lowest BCUT2D eigenvalue weighted by Gasteiger charge is -2.19. The Morgan fingerprint density at radius 3 is 2.34 bits per heavy atom. The molecule has 1 aromatic rings. The van der Waals surface area contributed by atoms with Gasteiger partial charge >= 0.3 is 0 Å². The van der Waals surface area contributed by atoms with Crippen LogP contribution in [-0.4, -0.2) is 38.0 Å². The van der Waals surface area contributed by atoms with Gasteiger partial charge in [-0.25, -0.2) is 0 Å². The van der Waals surface area contributed by atoms with Crippen LogP contribution in [0.3, 0.4) is 0 Å². The highest BCUT2D eigenvalue weighted by atomic mass is 127. The zero-order valence-electron chi connectivity index (χ0n) is 18.2. The first-order chi connectivity index (χ1) is 13.9. The molecular formula is C23H38IN3O2. The number of unbranched alkanes of at least 4 members (excludes halogenated alkanes) is 1. The van der Waals surface area contributed by atoms with Crippen molar-refractivity contribution in [2.24, 2.45) is 5.92 Å². The summed E-state index contributed by atoms with van der Waals surface area (Å²) in [6, 6.07) is 7.93. The van der Waals surface area contributed by atoms with Gasteiger partial charge in [-0.3, -0.25) is 9.59 Å². The molecule has 0 aliphatic rings. The SMILES string of the molecule is CNCCC[C@@H](NC(=O)CCCc1ccc(I)cc1)C(=O)NCCCCC(C)C. The fraction of sp³-hybridized carbons (Fsp3) is 0.652. The molecule has 1 atom stereocenters. The van der Waals surface area contributed by atoms with Crippen molar-refractivity contribution in [2.45, 2.75) is 71.3 Å². The number of halogens is 1. The largest absolute Gasteiger partial charge is 0.354 e. The van der Waals surface area contributed by atoms with Crippen molar-refractivity contribution in [3.8, 4) is 0 Å². The molecule has 0 aliphatic heterocycles. The van der Waals surface area contributed by atoms with Gasteiger partial charge < -0.3 is 16.0 Å². The number of rotatable bonds is 15. The minimum atomic E-state index is -0.445. The summed E-state index contributed by atoms with van der Waals surface area (Å²) in [7, 11) is 1.90. The Morgan fingerprint density at radius 1 is 0.966 bits per heavy atom. The third kappa shape index (κ3) is 12.9. The van der Waals surface area contributed by atoms with E-state index in [9.17, 15) is 9.59 Å². The Balaban J connectivity index is 2.39. The second-order valence-electron chi connectivity index (χ2n) is 8.03. The van der Waals surface area contributed by atoms with Crippen LogP contribution >= 0.6 is 22.6 Å². The van der Waals surface area contributed by atoms with Crippen LogP contribution in [0.1, 0.15) is 64.4 Å². The molecule has 2 amide bonds. The van der Waals surface area contributed by atoms with Crippen molar-refractivity contribution < 1.29 is 9.59 Å². The van der Waals surface area contributed by atoms with Crippen molar-refractivity contribution in [1.29, 1.82) is 0 Å². The van der Waals surface area contributed by atoms with Crippen LogP contribution in [0.25, 0.3) is 0 Å². The molecule has 29 heavy (non-hydrogen) atoms.